The number of rotatable bonds is 21. The van der Waals surface area contributed by atoms with Crippen molar-refractivity contribution in [2.24, 2.45) is 11.0 Å². The summed E-state index contributed by atoms with van der Waals surface area (Å²) in [6.07, 6.45) is -6.79. The fourth-order valence-electron chi connectivity index (χ4n) is 7.46. The lowest BCUT2D eigenvalue weighted by molar-refractivity contribution is -0.302. The number of hydrogen-bond donors (Lipinski definition) is 1. The minimum absolute atomic E-state index is 0.00642. The molecule has 0 spiro atoms. The van der Waals surface area contributed by atoms with Crippen LogP contribution < -0.4 is 4.74 Å². The highest BCUT2D eigenvalue weighted by Crippen LogP contribution is 2.38. The van der Waals surface area contributed by atoms with Gasteiger partial charge in [0.15, 0.2) is 6.29 Å². The molecule has 60 heavy (non-hydrogen) atoms. The van der Waals surface area contributed by atoms with Gasteiger partial charge in [0.25, 0.3) is 0 Å². The summed E-state index contributed by atoms with van der Waals surface area (Å²) < 4.78 is 55.9. The number of esters is 1. The number of hydrogen-bond acceptors (Lipinski definition) is 12. The van der Waals surface area contributed by atoms with Crippen LogP contribution in [0.4, 0.5) is 0 Å². The van der Waals surface area contributed by atoms with Crippen molar-refractivity contribution in [3.63, 3.8) is 0 Å². The van der Waals surface area contributed by atoms with Crippen LogP contribution in [0.15, 0.2) is 133 Å². The number of azide groups is 1. The van der Waals surface area contributed by atoms with Crippen LogP contribution in [-0.2, 0) is 69.1 Å². The molecule has 14 heteroatoms. The van der Waals surface area contributed by atoms with E-state index in [0.717, 1.165) is 22.3 Å². The number of aliphatic hydroxyl groups excluding tert-OH is 1. The number of aliphatic hydroxyl groups is 1. The van der Waals surface area contributed by atoms with Crippen molar-refractivity contribution in [2.75, 3.05) is 27.4 Å². The van der Waals surface area contributed by atoms with Gasteiger partial charge in [0.05, 0.1) is 65.9 Å². The van der Waals surface area contributed by atoms with Gasteiger partial charge in [0.2, 0.25) is 0 Å². The Morgan fingerprint density at radius 2 is 1.32 bits per heavy atom. The van der Waals surface area contributed by atoms with E-state index >= 15 is 0 Å². The lowest BCUT2D eigenvalue weighted by atomic mass is 9.80. The molecule has 1 heterocycles. The highest BCUT2D eigenvalue weighted by Gasteiger charge is 2.54. The zero-order chi connectivity index (χ0) is 42.1. The van der Waals surface area contributed by atoms with Crippen molar-refractivity contribution in [3.05, 3.63) is 161 Å². The average molecular weight is 824 g/mol. The van der Waals surface area contributed by atoms with Crippen molar-refractivity contribution in [2.45, 2.75) is 87.9 Å². The molecule has 1 aliphatic carbocycles. The number of benzene rings is 4. The first-order valence-electron chi connectivity index (χ1n) is 19.9. The summed E-state index contributed by atoms with van der Waals surface area (Å²) in [5.74, 6) is -0.806. The second-order valence-corrected chi connectivity index (χ2v) is 14.5. The first-order valence-corrected chi connectivity index (χ1v) is 19.9. The number of carbonyl (C=O) groups excluding carboxylic acids is 1. The minimum atomic E-state index is -1.33. The molecule has 1 saturated heterocycles. The highest BCUT2D eigenvalue weighted by atomic mass is 16.7. The molecule has 4 aromatic rings. The van der Waals surface area contributed by atoms with Gasteiger partial charge in [-0.3, -0.25) is 4.79 Å². The molecule has 2 fully saturated rings. The molecule has 0 amide bonds. The third-order valence-electron chi connectivity index (χ3n) is 10.5. The van der Waals surface area contributed by atoms with Crippen LogP contribution in [0.5, 0.6) is 5.75 Å². The Morgan fingerprint density at radius 3 is 1.87 bits per heavy atom. The lowest BCUT2D eigenvalue weighted by Gasteiger charge is -2.48. The lowest BCUT2D eigenvalue weighted by Crippen LogP contribution is -2.64. The number of carbonyl (C=O) groups is 1. The Bertz CT molecular complexity index is 1940. The van der Waals surface area contributed by atoms with Crippen LogP contribution in [0.2, 0.25) is 0 Å². The van der Waals surface area contributed by atoms with Gasteiger partial charge in [-0.15, -0.1) is 6.58 Å². The summed E-state index contributed by atoms with van der Waals surface area (Å²) in [5, 5.41) is 16.5. The fourth-order valence-corrected chi connectivity index (χ4v) is 7.46. The molecule has 4 aromatic carbocycles. The molecule has 0 aromatic heterocycles. The molecule has 1 aliphatic heterocycles. The van der Waals surface area contributed by atoms with E-state index in [4.69, 9.17) is 42.6 Å². The van der Waals surface area contributed by atoms with E-state index in [-0.39, 0.29) is 46.1 Å². The zero-order valence-electron chi connectivity index (χ0n) is 33.8. The van der Waals surface area contributed by atoms with Crippen LogP contribution in [0.25, 0.3) is 10.4 Å². The standard InChI is InChI=1S/C46H53N3O11/c1-4-24-55-46-39(48-49-47)43(57-27-32-16-10-6-11-17-32)42(38(60-46)30-54-26-31-14-8-5-9-15-31)59-37-25-36(45(51)53-3)41(56-29-34-20-22-35(52-2)23-21-34)44(40(37)50)58-28-33-18-12-7-13-19-33/h4-23,36-44,46,50H,1,24-30H2,2-3H3/t36-,37-,38-,39-,40+,41-,42-,43+,44-,46+/m1/s1. The molecule has 14 nitrogen and oxygen atoms in total. The van der Waals surface area contributed by atoms with Gasteiger partial charge in [-0.2, -0.15) is 0 Å². The van der Waals surface area contributed by atoms with E-state index in [1.165, 1.54) is 7.11 Å². The van der Waals surface area contributed by atoms with Crippen molar-refractivity contribution >= 4 is 5.97 Å². The van der Waals surface area contributed by atoms with Gasteiger partial charge in [-0.1, -0.05) is 114 Å². The van der Waals surface area contributed by atoms with E-state index < -0.39 is 66.9 Å². The summed E-state index contributed by atoms with van der Waals surface area (Å²) in [4.78, 5) is 16.9. The summed E-state index contributed by atoms with van der Waals surface area (Å²) in [6.45, 7) is 4.47. The summed E-state index contributed by atoms with van der Waals surface area (Å²) >= 11 is 0. The predicted molar refractivity (Wildman–Crippen MR) is 220 cm³/mol. The molecular formula is C46H53N3O11. The smallest absolute Gasteiger partial charge is 0.311 e. The van der Waals surface area contributed by atoms with Crippen LogP contribution in [0.1, 0.15) is 28.7 Å². The maximum absolute atomic E-state index is 13.7. The van der Waals surface area contributed by atoms with Crippen LogP contribution in [-0.4, -0.2) is 93.6 Å². The van der Waals surface area contributed by atoms with Crippen LogP contribution in [0.3, 0.4) is 0 Å². The van der Waals surface area contributed by atoms with E-state index in [9.17, 15) is 15.4 Å². The Morgan fingerprint density at radius 1 is 0.767 bits per heavy atom. The Hall–Kier alpha value is -5.12. The van der Waals surface area contributed by atoms with E-state index in [1.54, 1.807) is 13.2 Å². The molecular weight excluding hydrogens is 771 g/mol. The maximum atomic E-state index is 13.7. The molecule has 2 aliphatic rings. The fraction of sp³-hybridized carbons (Fsp3) is 0.413. The summed E-state index contributed by atoms with van der Waals surface area (Å²) in [7, 11) is 2.89. The first kappa shape index (κ1) is 44.4. The van der Waals surface area contributed by atoms with Gasteiger partial charge in [0.1, 0.15) is 48.4 Å². The van der Waals surface area contributed by atoms with Crippen molar-refractivity contribution < 1.29 is 52.5 Å². The SMILES string of the molecule is C=CCO[C@H]1O[C@H](COCc2ccccc2)[C@@H](O[C@@H]2C[C@@H](C(=O)OC)[C@@H](OCc3ccc(OC)cc3)[C@H](OCc3ccccc3)[C@H]2O)[C@@H](OCc2ccccc2)[C@H]1N=[N+]=[N-]. The molecule has 0 unspecified atom stereocenters. The third kappa shape index (κ3) is 12.0. The van der Waals surface area contributed by atoms with Crippen molar-refractivity contribution in [3.8, 4) is 5.75 Å². The van der Waals surface area contributed by atoms with Crippen molar-refractivity contribution in [1.82, 2.24) is 0 Å². The summed E-state index contributed by atoms with van der Waals surface area (Å²) in [5.41, 5.74) is 13.3. The topological polar surface area (TPSA) is 169 Å². The molecule has 318 valence electrons. The second kappa shape index (κ2) is 23.0. The normalized spacial score (nSPS) is 26.4. The number of ether oxygens (including phenoxy) is 9. The number of nitrogens with zero attached hydrogens (tertiary/aromatic N) is 3. The largest absolute Gasteiger partial charge is 0.497 e. The Balaban J connectivity index is 1.34. The van der Waals surface area contributed by atoms with Gasteiger partial charge in [-0.05, 0) is 46.3 Å². The quantitative estimate of drug-likeness (QED) is 0.0306. The summed E-state index contributed by atoms with van der Waals surface area (Å²) in [6, 6.07) is 35.0. The van der Waals surface area contributed by atoms with E-state index in [1.807, 2.05) is 115 Å². The molecule has 10 atom stereocenters. The Labute approximate surface area is 350 Å². The van der Waals surface area contributed by atoms with Gasteiger partial charge >= 0.3 is 5.97 Å². The predicted octanol–water partition coefficient (Wildman–Crippen LogP) is 6.88. The maximum Gasteiger partial charge on any atom is 0.311 e. The third-order valence-corrected chi connectivity index (χ3v) is 10.5. The van der Waals surface area contributed by atoms with Crippen molar-refractivity contribution in [1.29, 1.82) is 0 Å². The van der Waals surface area contributed by atoms with Gasteiger partial charge in [0, 0.05) is 4.91 Å². The molecule has 1 N–H and O–H groups in total. The molecule has 6 rings (SSSR count). The van der Waals surface area contributed by atoms with E-state index in [2.05, 4.69) is 16.6 Å². The van der Waals surface area contributed by atoms with Crippen LogP contribution >= 0.6 is 0 Å². The van der Waals surface area contributed by atoms with E-state index in [0.29, 0.717) is 5.75 Å². The Kier molecular flexibility index (Phi) is 17.1. The minimum Gasteiger partial charge on any atom is -0.497 e. The second-order valence-electron chi connectivity index (χ2n) is 14.5. The highest BCUT2D eigenvalue weighted by molar-refractivity contribution is 5.73. The first-order chi connectivity index (χ1) is 29.4. The monoisotopic (exact) mass is 823 g/mol. The zero-order valence-corrected chi connectivity index (χ0v) is 33.8. The number of methoxy groups -OCH3 is 2. The molecule has 1 saturated carbocycles. The molecule has 0 bridgehead atoms. The average Bonchev–Trinajstić information content (AvgIpc) is 3.29. The molecule has 0 radical (unpaired) electrons. The van der Waals surface area contributed by atoms with Gasteiger partial charge in [-0.25, -0.2) is 0 Å². The van der Waals surface area contributed by atoms with Crippen LogP contribution in [0, 0.1) is 5.92 Å². The van der Waals surface area contributed by atoms with Gasteiger partial charge < -0.3 is 47.7 Å².